The highest BCUT2D eigenvalue weighted by atomic mass is 19.4. The number of amides is 2. The fourth-order valence-corrected chi connectivity index (χ4v) is 5.20. The third-order valence-electron chi connectivity index (χ3n) is 7.26. The summed E-state index contributed by atoms with van der Waals surface area (Å²) in [7, 11) is 0. The Balaban J connectivity index is 1.39. The fraction of sp³-hybridized carbons (Fsp3) is 0.542. The topological polar surface area (TPSA) is 91.7 Å². The molecule has 2 amide bonds. The molecule has 1 aromatic carbocycles. The van der Waals surface area contributed by atoms with Crippen molar-refractivity contribution in [3.05, 3.63) is 46.2 Å². The van der Waals surface area contributed by atoms with Gasteiger partial charge in [0.25, 0.3) is 5.56 Å². The van der Waals surface area contributed by atoms with Gasteiger partial charge in [-0.2, -0.15) is 18.2 Å². The van der Waals surface area contributed by atoms with Gasteiger partial charge in [-0.15, -0.1) is 0 Å². The van der Waals surface area contributed by atoms with Gasteiger partial charge in [0.15, 0.2) is 5.54 Å². The van der Waals surface area contributed by atoms with Crippen molar-refractivity contribution in [1.82, 2.24) is 14.9 Å². The number of hydrogen-bond donors (Lipinski definition) is 2. The first-order valence-corrected chi connectivity index (χ1v) is 12.1. The molecule has 12 heteroatoms. The quantitative estimate of drug-likeness (QED) is 0.626. The number of nitrogens with one attached hydrogen (secondary N) is 2. The van der Waals surface area contributed by atoms with Crippen LogP contribution < -0.4 is 26.0 Å². The molecule has 2 N–H and O–H groups in total. The molecule has 36 heavy (non-hydrogen) atoms. The van der Waals surface area contributed by atoms with Gasteiger partial charge >= 0.3 is 12.2 Å². The molecule has 0 saturated carbocycles. The molecule has 2 fully saturated rings. The highest BCUT2D eigenvalue weighted by Crippen LogP contribution is 2.43. The summed E-state index contributed by atoms with van der Waals surface area (Å²) >= 11 is 0. The van der Waals surface area contributed by atoms with Gasteiger partial charge in [0, 0.05) is 31.4 Å². The van der Waals surface area contributed by atoms with E-state index in [2.05, 4.69) is 15.6 Å². The van der Waals surface area contributed by atoms with Crippen LogP contribution in [-0.4, -0.2) is 65.7 Å². The first-order chi connectivity index (χ1) is 17.1. The Hall–Kier alpha value is -3.28. The van der Waals surface area contributed by atoms with E-state index in [0.29, 0.717) is 37.6 Å². The number of rotatable bonds is 6. The van der Waals surface area contributed by atoms with Gasteiger partial charge in [-0.05, 0) is 44.4 Å². The molecule has 0 aliphatic carbocycles. The zero-order valence-corrected chi connectivity index (χ0v) is 20.1. The summed E-state index contributed by atoms with van der Waals surface area (Å²) in [6, 6.07) is 8.03. The number of aromatic nitrogens is 2. The zero-order valence-electron chi connectivity index (χ0n) is 20.1. The maximum absolute atomic E-state index is 14.3. The van der Waals surface area contributed by atoms with Crippen LogP contribution in [-0.2, 0) is 17.7 Å². The molecule has 0 radical (unpaired) electrons. The molecule has 2 aromatic rings. The molecule has 1 aromatic heterocycles. The Morgan fingerprint density at radius 2 is 2.03 bits per heavy atom. The molecule has 9 nitrogen and oxygen atoms in total. The van der Waals surface area contributed by atoms with Crippen molar-refractivity contribution < 1.29 is 22.7 Å². The first-order valence-electron chi connectivity index (χ1n) is 12.1. The van der Waals surface area contributed by atoms with Gasteiger partial charge in [0.05, 0.1) is 25.3 Å². The lowest BCUT2D eigenvalue weighted by Crippen LogP contribution is -2.56. The number of hydrogen-bond acceptors (Lipinski definition) is 6. The Bertz CT molecular complexity index is 1200. The number of morpholine rings is 1. The van der Waals surface area contributed by atoms with Crippen LogP contribution in [0.2, 0.25) is 0 Å². The van der Waals surface area contributed by atoms with E-state index in [0.717, 1.165) is 23.5 Å². The molecule has 0 spiro atoms. The molecule has 4 heterocycles. The van der Waals surface area contributed by atoms with Crippen molar-refractivity contribution in [1.29, 1.82) is 0 Å². The van der Waals surface area contributed by atoms with E-state index in [1.165, 1.54) is 11.0 Å². The van der Waals surface area contributed by atoms with Crippen molar-refractivity contribution >= 4 is 23.5 Å². The van der Waals surface area contributed by atoms with Gasteiger partial charge in [-0.25, -0.2) is 4.79 Å². The minimum absolute atomic E-state index is 0.0180. The van der Waals surface area contributed by atoms with Crippen molar-refractivity contribution in [3.8, 4) is 0 Å². The number of alkyl halides is 3. The average molecular weight is 507 g/mol. The van der Waals surface area contributed by atoms with Crippen LogP contribution >= 0.6 is 0 Å². The Morgan fingerprint density at radius 3 is 2.64 bits per heavy atom. The van der Waals surface area contributed by atoms with Gasteiger partial charge < -0.3 is 25.2 Å². The predicted molar refractivity (Wildman–Crippen MR) is 129 cm³/mol. The summed E-state index contributed by atoms with van der Waals surface area (Å²) in [5.41, 5.74) is -1.38. The van der Waals surface area contributed by atoms with Crippen LogP contribution in [0.5, 0.6) is 0 Å². The van der Waals surface area contributed by atoms with Crippen molar-refractivity contribution in [2.45, 2.75) is 57.1 Å². The second kappa shape index (κ2) is 8.99. The summed E-state index contributed by atoms with van der Waals surface area (Å²) < 4.78 is 49.7. The lowest BCUT2D eigenvalue weighted by atomic mass is 10.00. The number of halogens is 3. The molecule has 3 aliphatic heterocycles. The molecule has 194 valence electrons. The number of nitrogens with zero attached hydrogens (tertiary/aromatic N) is 4. The Kier molecular flexibility index (Phi) is 6.09. The number of carbonyl (C=O) groups excluding carboxylic acids is 1. The van der Waals surface area contributed by atoms with E-state index in [4.69, 9.17) is 4.74 Å². The number of ether oxygens (including phenoxy) is 1. The average Bonchev–Trinajstić information content (AvgIpc) is 3.52. The molecule has 3 aliphatic rings. The fourth-order valence-electron chi connectivity index (χ4n) is 5.20. The third kappa shape index (κ3) is 4.27. The monoisotopic (exact) mass is 506 g/mol. The highest BCUT2D eigenvalue weighted by Gasteiger charge is 2.59. The Morgan fingerprint density at radius 1 is 1.28 bits per heavy atom. The van der Waals surface area contributed by atoms with E-state index in [-0.39, 0.29) is 30.7 Å². The van der Waals surface area contributed by atoms with Crippen molar-refractivity contribution in [3.63, 3.8) is 0 Å². The maximum Gasteiger partial charge on any atom is 0.413 e. The van der Waals surface area contributed by atoms with Crippen LogP contribution in [0.4, 0.5) is 35.4 Å². The number of fused-ring (bicyclic) bond motifs is 3. The summed E-state index contributed by atoms with van der Waals surface area (Å²) in [6.45, 7) is 4.03. The van der Waals surface area contributed by atoms with Crippen LogP contribution in [0.3, 0.4) is 0 Å². The van der Waals surface area contributed by atoms with Gasteiger partial charge in [0.2, 0.25) is 5.95 Å². The van der Waals surface area contributed by atoms with Crippen molar-refractivity contribution in [2.75, 3.05) is 41.4 Å². The molecule has 2 saturated heterocycles. The molecular formula is C24H29F3N6O3. The van der Waals surface area contributed by atoms with Crippen LogP contribution in [0.15, 0.2) is 35.1 Å². The van der Waals surface area contributed by atoms with Gasteiger partial charge in [0.1, 0.15) is 5.82 Å². The van der Waals surface area contributed by atoms with Crippen LogP contribution in [0, 0.1) is 0 Å². The molecule has 5 rings (SSSR count). The van der Waals surface area contributed by atoms with Crippen molar-refractivity contribution in [2.24, 2.45) is 0 Å². The first kappa shape index (κ1) is 24.4. The second-order valence-electron chi connectivity index (χ2n) is 9.69. The number of benzene rings is 1. The highest BCUT2D eigenvalue weighted by molar-refractivity contribution is 5.89. The summed E-state index contributed by atoms with van der Waals surface area (Å²) in [4.78, 5) is 32.4. The third-order valence-corrected chi connectivity index (χ3v) is 7.26. The molecule has 3 atom stereocenters. The van der Waals surface area contributed by atoms with E-state index < -0.39 is 23.8 Å². The SMILES string of the molecule is CCNC(=O)Nc1ccc(CCN2c3nc(N4CC5CC4CO5)cc(=O)n3C[C@@]2(C)C(F)(F)F)cc1. The number of anilines is 3. The molecule has 2 unspecified atom stereocenters. The minimum Gasteiger partial charge on any atom is -0.374 e. The standard InChI is InChI=1S/C24H29F3N6O3/c1-3-28-21(35)29-16-6-4-15(5-7-16)8-9-33-22-30-19(31-12-18-10-17(31)13-36-18)11-20(34)32(22)14-23(33,2)24(25,26)27/h4-7,11,17-18H,3,8-10,12-14H2,1-2H3,(H2,28,29,35)/t17?,18?,23-/m0/s1. The number of urea groups is 1. The van der Waals surface area contributed by atoms with Gasteiger partial charge in [-0.1, -0.05) is 12.1 Å². The van der Waals surface area contributed by atoms with E-state index in [9.17, 15) is 22.8 Å². The largest absolute Gasteiger partial charge is 0.413 e. The number of carbonyl (C=O) groups is 1. The molecule has 2 bridgehead atoms. The smallest absolute Gasteiger partial charge is 0.374 e. The normalized spacial score (nSPS) is 24.8. The van der Waals surface area contributed by atoms with Crippen LogP contribution in [0.25, 0.3) is 0 Å². The van der Waals surface area contributed by atoms with E-state index in [1.54, 1.807) is 24.3 Å². The van der Waals surface area contributed by atoms with E-state index >= 15 is 0 Å². The summed E-state index contributed by atoms with van der Waals surface area (Å²) in [6.07, 6.45) is -3.38. The summed E-state index contributed by atoms with van der Waals surface area (Å²) in [5.74, 6) is 0.440. The molecular weight excluding hydrogens is 477 g/mol. The second-order valence-corrected chi connectivity index (χ2v) is 9.69. The Labute approximate surface area is 206 Å². The van der Waals surface area contributed by atoms with E-state index in [1.807, 2.05) is 11.8 Å². The predicted octanol–water partition coefficient (Wildman–Crippen LogP) is 2.75. The van der Waals surface area contributed by atoms with Crippen LogP contribution in [0.1, 0.15) is 25.8 Å². The zero-order chi connectivity index (χ0) is 25.7. The minimum atomic E-state index is -4.58. The summed E-state index contributed by atoms with van der Waals surface area (Å²) in [5, 5.41) is 5.33. The lowest BCUT2D eigenvalue weighted by Gasteiger charge is -2.37. The van der Waals surface area contributed by atoms with Gasteiger partial charge in [-0.3, -0.25) is 9.36 Å². The maximum atomic E-state index is 14.3. The lowest BCUT2D eigenvalue weighted by molar-refractivity contribution is -0.182.